The first kappa shape index (κ1) is 12.0. The number of carboxylic acid groups (broad SMARTS) is 1. The van der Waals surface area contributed by atoms with Crippen molar-refractivity contribution in [3.63, 3.8) is 0 Å². The van der Waals surface area contributed by atoms with Gasteiger partial charge in [-0.15, -0.1) is 0 Å². The number of nitrogens with zero attached hydrogens (tertiary/aromatic N) is 2. The van der Waals surface area contributed by atoms with Crippen molar-refractivity contribution in [1.29, 1.82) is 0 Å². The number of aromatic hydroxyl groups is 1. The van der Waals surface area contributed by atoms with E-state index in [1.807, 2.05) is 0 Å². The lowest BCUT2D eigenvalue weighted by molar-refractivity contribution is -0.136. The maximum atomic E-state index is 10.7. The number of benzene rings is 1. The van der Waals surface area contributed by atoms with E-state index >= 15 is 0 Å². The number of ether oxygens (including phenoxy) is 1. The molecule has 0 radical (unpaired) electrons. The molecule has 0 atom stereocenters. The summed E-state index contributed by atoms with van der Waals surface area (Å²) in [6.45, 7) is 0. The van der Waals surface area contributed by atoms with E-state index in [0.717, 1.165) is 0 Å². The number of phenols is 1. The molecule has 1 heterocycles. The lowest BCUT2D eigenvalue weighted by Gasteiger charge is -2.07. The first-order valence-electron chi connectivity index (χ1n) is 5.24. The third-order valence-electron chi connectivity index (χ3n) is 2.41. The molecule has 18 heavy (non-hydrogen) atoms. The Morgan fingerprint density at radius 1 is 1.50 bits per heavy atom. The average molecular weight is 248 g/mol. The maximum absolute atomic E-state index is 10.7. The molecule has 0 aliphatic rings. The topological polar surface area (TPSA) is 84.6 Å². The number of hydrogen-bond acceptors (Lipinski definition) is 4. The molecule has 0 aliphatic carbocycles. The van der Waals surface area contributed by atoms with E-state index in [-0.39, 0.29) is 12.2 Å². The minimum atomic E-state index is -0.955. The molecule has 2 N–H and O–H groups in total. The van der Waals surface area contributed by atoms with Crippen molar-refractivity contribution in [2.75, 3.05) is 7.11 Å². The van der Waals surface area contributed by atoms with Crippen molar-refractivity contribution in [3.8, 4) is 17.3 Å². The first-order chi connectivity index (χ1) is 8.61. The van der Waals surface area contributed by atoms with Crippen molar-refractivity contribution in [2.24, 2.45) is 0 Å². The smallest absolute Gasteiger partial charge is 0.308 e. The predicted molar refractivity (Wildman–Crippen MR) is 63.1 cm³/mol. The van der Waals surface area contributed by atoms with Crippen LogP contribution in [0.5, 0.6) is 11.6 Å². The molecule has 1 aromatic heterocycles. The number of carbonyl (C=O) groups is 1. The van der Waals surface area contributed by atoms with Gasteiger partial charge in [0, 0.05) is 11.6 Å². The van der Waals surface area contributed by atoms with Crippen LogP contribution in [0.1, 0.15) is 5.56 Å². The van der Waals surface area contributed by atoms with Gasteiger partial charge in [-0.2, -0.15) is 5.10 Å². The fourth-order valence-corrected chi connectivity index (χ4v) is 1.68. The highest BCUT2D eigenvalue weighted by atomic mass is 16.5. The lowest BCUT2D eigenvalue weighted by atomic mass is 10.2. The Balaban J connectivity index is 2.45. The van der Waals surface area contributed by atoms with Crippen LogP contribution in [0.3, 0.4) is 0 Å². The Bertz CT molecular complexity index is 577. The van der Waals surface area contributed by atoms with E-state index < -0.39 is 5.97 Å². The fourth-order valence-electron chi connectivity index (χ4n) is 1.68. The summed E-state index contributed by atoms with van der Waals surface area (Å²) >= 11 is 0. The van der Waals surface area contributed by atoms with Gasteiger partial charge in [0.25, 0.3) is 0 Å². The van der Waals surface area contributed by atoms with Crippen molar-refractivity contribution in [2.45, 2.75) is 6.42 Å². The molecule has 94 valence electrons. The summed E-state index contributed by atoms with van der Waals surface area (Å²) in [5, 5.41) is 22.3. The third kappa shape index (κ3) is 2.27. The summed E-state index contributed by atoms with van der Waals surface area (Å²) in [4.78, 5) is 10.7. The standard InChI is InChI=1S/C12H12N2O4/c1-18-12-8(5-11(16)17)7-13-14(12)9-3-2-4-10(15)6-9/h2-4,6-7,15H,5H2,1H3,(H,16,17). The number of hydrogen-bond donors (Lipinski definition) is 2. The SMILES string of the molecule is COc1c(CC(=O)O)cnn1-c1cccc(O)c1. The van der Waals surface area contributed by atoms with Gasteiger partial charge in [-0.1, -0.05) is 6.07 Å². The van der Waals surface area contributed by atoms with E-state index in [1.165, 1.54) is 30.1 Å². The van der Waals surface area contributed by atoms with Gasteiger partial charge in [-0.3, -0.25) is 4.79 Å². The van der Waals surface area contributed by atoms with Crippen molar-refractivity contribution in [1.82, 2.24) is 9.78 Å². The maximum Gasteiger partial charge on any atom is 0.308 e. The molecular formula is C12H12N2O4. The summed E-state index contributed by atoms with van der Waals surface area (Å²) in [6.07, 6.45) is 1.28. The Morgan fingerprint density at radius 3 is 2.89 bits per heavy atom. The number of rotatable bonds is 4. The van der Waals surface area contributed by atoms with Crippen LogP contribution >= 0.6 is 0 Å². The molecule has 2 aromatic rings. The number of aliphatic carboxylic acids is 1. The predicted octanol–water partition coefficient (Wildman–Crippen LogP) is 1.21. The van der Waals surface area contributed by atoms with E-state index in [1.54, 1.807) is 12.1 Å². The fraction of sp³-hybridized carbons (Fsp3) is 0.167. The van der Waals surface area contributed by atoms with E-state index in [0.29, 0.717) is 17.1 Å². The molecule has 0 saturated carbocycles. The van der Waals surface area contributed by atoms with Crippen LogP contribution < -0.4 is 4.74 Å². The van der Waals surface area contributed by atoms with Crippen molar-refractivity contribution >= 4 is 5.97 Å². The van der Waals surface area contributed by atoms with E-state index in [2.05, 4.69) is 5.10 Å². The van der Waals surface area contributed by atoms with Crippen LogP contribution in [0.15, 0.2) is 30.5 Å². The van der Waals surface area contributed by atoms with Crippen LogP contribution in [0.25, 0.3) is 5.69 Å². The van der Waals surface area contributed by atoms with Crippen LogP contribution in [-0.4, -0.2) is 33.1 Å². The van der Waals surface area contributed by atoms with Crippen molar-refractivity contribution in [3.05, 3.63) is 36.0 Å². The van der Waals surface area contributed by atoms with Gasteiger partial charge >= 0.3 is 5.97 Å². The summed E-state index contributed by atoms with van der Waals surface area (Å²) in [6, 6.07) is 6.46. The molecule has 0 bridgehead atoms. The molecule has 6 heteroatoms. The minimum absolute atomic E-state index is 0.102. The molecule has 0 saturated heterocycles. The van der Waals surface area contributed by atoms with E-state index in [9.17, 15) is 9.90 Å². The molecule has 0 spiro atoms. The quantitative estimate of drug-likeness (QED) is 0.849. The Hall–Kier alpha value is -2.50. The Kier molecular flexibility index (Phi) is 3.18. The number of phenolic OH excluding ortho intramolecular Hbond substituents is 1. The minimum Gasteiger partial charge on any atom is -0.508 e. The van der Waals surface area contributed by atoms with Crippen LogP contribution in [0.4, 0.5) is 0 Å². The summed E-state index contributed by atoms with van der Waals surface area (Å²) in [5.74, 6) is -0.503. The second kappa shape index (κ2) is 4.79. The van der Waals surface area contributed by atoms with Gasteiger partial charge in [-0.05, 0) is 12.1 Å². The number of carboxylic acids is 1. The van der Waals surface area contributed by atoms with Gasteiger partial charge in [0.2, 0.25) is 5.88 Å². The highest BCUT2D eigenvalue weighted by Crippen LogP contribution is 2.24. The van der Waals surface area contributed by atoms with Crippen molar-refractivity contribution < 1.29 is 19.7 Å². The largest absolute Gasteiger partial charge is 0.508 e. The summed E-state index contributed by atoms with van der Waals surface area (Å²) in [7, 11) is 1.45. The summed E-state index contributed by atoms with van der Waals surface area (Å²) < 4.78 is 6.61. The third-order valence-corrected chi connectivity index (χ3v) is 2.41. The molecule has 2 rings (SSSR count). The number of methoxy groups -OCH3 is 1. The zero-order valence-corrected chi connectivity index (χ0v) is 9.70. The lowest BCUT2D eigenvalue weighted by Crippen LogP contribution is -2.03. The molecule has 0 amide bonds. The molecule has 6 nitrogen and oxygen atoms in total. The zero-order chi connectivity index (χ0) is 13.1. The number of aromatic nitrogens is 2. The molecule has 0 fully saturated rings. The molecule has 0 unspecified atom stereocenters. The van der Waals surface area contributed by atoms with Gasteiger partial charge in [0.15, 0.2) is 0 Å². The zero-order valence-electron chi connectivity index (χ0n) is 9.70. The highest BCUT2D eigenvalue weighted by Gasteiger charge is 2.15. The second-order valence-electron chi connectivity index (χ2n) is 3.68. The Labute approximate surface area is 103 Å². The molecular weight excluding hydrogens is 236 g/mol. The second-order valence-corrected chi connectivity index (χ2v) is 3.68. The monoisotopic (exact) mass is 248 g/mol. The van der Waals surface area contributed by atoms with Gasteiger partial charge in [0.1, 0.15) is 5.75 Å². The molecule has 1 aromatic carbocycles. The van der Waals surface area contributed by atoms with Gasteiger partial charge in [-0.25, -0.2) is 4.68 Å². The van der Waals surface area contributed by atoms with Gasteiger partial charge in [0.05, 0.1) is 25.4 Å². The van der Waals surface area contributed by atoms with Gasteiger partial charge < -0.3 is 14.9 Å². The average Bonchev–Trinajstić information content (AvgIpc) is 2.71. The highest BCUT2D eigenvalue weighted by molar-refractivity contribution is 5.71. The normalized spacial score (nSPS) is 10.3. The Morgan fingerprint density at radius 2 is 2.28 bits per heavy atom. The first-order valence-corrected chi connectivity index (χ1v) is 5.24. The summed E-state index contributed by atoms with van der Waals surface area (Å²) in [5.41, 5.74) is 1.08. The van der Waals surface area contributed by atoms with E-state index in [4.69, 9.17) is 9.84 Å². The molecule has 0 aliphatic heterocycles. The van der Waals surface area contributed by atoms with Crippen LogP contribution in [0.2, 0.25) is 0 Å². The van der Waals surface area contributed by atoms with Crippen LogP contribution in [-0.2, 0) is 11.2 Å². The van der Waals surface area contributed by atoms with Crippen LogP contribution in [0, 0.1) is 0 Å².